The second-order valence-electron chi connectivity index (χ2n) is 6.18. The molecule has 0 radical (unpaired) electrons. The maximum Gasteiger partial charge on any atom is 0.165 e. The molecule has 2 fully saturated rings. The van der Waals surface area contributed by atoms with E-state index in [2.05, 4.69) is 5.43 Å². The Bertz CT molecular complexity index is 505. The zero-order chi connectivity index (χ0) is 14.9. The highest BCUT2D eigenvalue weighted by atomic mass is 19.1. The van der Waals surface area contributed by atoms with Gasteiger partial charge in [0.2, 0.25) is 0 Å². The van der Waals surface area contributed by atoms with Crippen LogP contribution >= 0.6 is 0 Å². The lowest BCUT2D eigenvalue weighted by Gasteiger charge is -2.48. The van der Waals surface area contributed by atoms with Gasteiger partial charge in [0.15, 0.2) is 11.6 Å². The minimum atomic E-state index is -0.347. The molecule has 0 bridgehead atoms. The Kier molecular flexibility index (Phi) is 4.15. The van der Waals surface area contributed by atoms with E-state index in [4.69, 9.17) is 15.3 Å². The number of hydrogen-bond acceptors (Lipinski definition) is 4. The second kappa shape index (κ2) is 5.91. The van der Waals surface area contributed by atoms with Gasteiger partial charge in [-0.15, -0.1) is 0 Å². The van der Waals surface area contributed by atoms with Gasteiger partial charge in [0.25, 0.3) is 0 Å². The first-order valence-corrected chi connectivity index (χ1v) is 7.61. The molecule has 1 aromatic carbocycles. The molecule has 2 aliphatic rings. The van der Waals surface area contributed by atoms with Crippen molar-refractivity contribution >= 4 is 0 Å². The zero-order valence-corrected chi connectivity index (χ0v) is 12.4. The van der Waals surface area contributed by atoms with Crippen molar-refractivity contribution in [3.63, 3.8) is 0 Å². The molecular weight excluding hydrogens is 271 g/mol. The van der Waals surface area contributed by atoms with Gasteiger partial charge in [-0.3, -0.25) is 11.3 Å². The largest absolute Gasteiger partial charge is 0.494 e. The molecule has 4 nitrogen and oxygen atoms in total. The van der Waals surface area contributed by atoms with E-state index in [1.165, 1.54) is 19.6 Å². The molecule has 2 unspecified atom stereocenters. The average Bonchev–Trinajstić information content (AvgIpc) is 2.47. The molecule has 3 N–H and O–H groups in total. The maximum absolute atomic E-state index is 13.9. The van der Waals surface area contributed by atoms with Crippen molar-refractivity contribution in [1.29, 1.82) is 0 Å². The van der Waals surface area contributed by atoms with Crippen molar-refractivity contribution < 1.29 is 13.9 Å². The summed E-state index contributed by atoms with van der Waals surface area (Å²) in [7, 11) is 1.47. The van der Waals surface area contributed by atoms with Gasteiger partial charge in [0.05, 0.1) is 12.7 Å². The molecule has 1 heterocycles. The average molecular weight is 294 g/mol. The maximum atomic E-state index is 13.9. The molecule has 0 amide bonds. The fourth-order valence-corrected chi connectivity index (χ4v) is 3.65. The lowest BCUT2D eigenvalue weighted by Crippen LogP contribution is -2.48. The molecule has 1 aliphatic heterocycles. The number of ether oxygens (including phenoxy) is 2. The van der Waals surface area contributed by atoms with Crippen LogP contribution in [0.4, 0.5) is 4.39 Å². The molecule has 1 saturated heterocycles. The van der Waals surface area contributed by atoms with Gasteiger partial charge in [-0.25, -0.2) is 4.39 Å². The Morgan fingerprint density at radius 3 is 2.86 bits per heavy atom. The molecule has 3 rings (SSSR count). The lowest BCUT2D eigenvalue weighted by molar-refractivity contribution is -0.147. The quantitative estimate of drug-likeness (QED) is 0.662. The summed E-state index contributed by atoms with van der Waals surface area (Å²) in [6.45, 7) is 0.765. The third-order valence-corrected chi connectivity index (χ3v) is 4.98. The number of nitrogens with two attached hydrogens (primary N) is 1. The number of rotatable bonds is 4. The Morgan fingerprint density at radius 1 is 1.48 bits per heavy atom. The summed E-state index contributed by atoms with van der Waals surface area (Å²) in [4.78, 5) is 0. The van der Waals surface area contributed by atoms with Crippen molar-refractivity contribution in [2.24, 2.45) is 11.8 Å². The number of benzene rings is 1. The van der Waals surface area contributed by atoms with Crippen LogP contribution in [0.25, 0.3) is 0 Å². The normalized spacial score (nSPS) is 25.4. The summed E-state index contributed by atoms with van der Waals surface area (Å²) >= 11 is 0. The Morgan fingerprint density at radius 2 is 2.29 bits per heavy atom. The third-order valence-electron chi connectivity index (χ3n) is 4.98. The topological polar surface area (TPSA) is 56.5 Å². The second-order valence-corrected chi connectivity index (χ2v) is 6.18. The fraction of sp³-hybridized carbons (Fsp3) is 0.625. The monoisotopic (exact) mass is 294 g/mol. The molecule has 1 aliphatic carbocycles. The molecular formula is C16H23FN2O2. The van der Waals surface area contributed by atoms with Crippen molar-refractivity contribution in [3.8, 4) is 5.75 Å². The van der Waals surface area contributed by atoms with E-state index >= 15 is 0 Å². The summed E-state index contributed by atoms with van der Waals surface area (Å²) in [6.07, 6.45) is 5.46. The van der Waals surface area contributed by atoms with E-state index in [0.29, 0.717) is 5.92 Å². The van der Waals surface area contributed by atoms with Crippen molar-refractivity contribution in [2.45, 2.75) is 43.7 Å². The van der Waals surface area contributed by atoms with Crippen LogP contribution in [0.2, 0.25) is 0 Å². The standard InChI is InChI=1S/C16H23FN2O2/c1-20-14-4-3-11(9-13(14)17)15(19-18)12-5-8-21-16(10-12)6-2-7-16/h3-4,9,12,15,19H,2,5-8,10,18H2,1H3. The van der Waals surface area contributed by atoms with Gasteiger partial charge >= 0.3 is 0 Å². The van der Waals surface area contributed by atoms with Gasteiger partial charge in [-0.2, -0.15) is 0 Å². The van der Waals surface area contributed by atoms with Gasteiger partial charge in [0, 0.05) is 12.6 Å². The first kappa shape index (κ1) is 14.8. The fourth-order valence-electron chi connectivity index (χ4n) is 3.65. The Labute approximate surface area is 124 Å². The molecule has 1 saturated carbocycles. The highest BCUT2D eigenvalue weighted by Gasteiger charge is 2.44. The van der Waals surface area contributed by atoms with Crippen molar-refractivity contribution in [2.75, 3.05) is 13.7 Å². The summed E-state index contributed by atoms with van der Waals surface area (Å²) in [5, 5.41) is 0. The van der Waals surface area contributed by atoms with Crippen LogP contribution < -0.4 is 16.0 Å². The van der Waals surface area contributed by atoms with Crippen LogP contribution in [-0.4, -0.2) is 19.3 Å². The Hall–Kier alpha value is -1.17. The number of hydrogen-bond donors (Lipinski definition) is 2. The van der Waals surface area contributed by atoms with Crippen molar-refractivity contribution in [3.05, 3.63) is 29.6 Å². The van der Waals surface area contributed by atoms with Crippen LogP contribution in [-0.2, 0) is 4.74 Å². The van der Waals surface area contributed by atoms with Gasteiger partial charge in [0.1, 0.15) is 0 Å². The van der Waals surface area contributed by atoms with Gasteiger partial charge in [-0.1, -0.05) is 6.07 Å². The van der Waals surface area contributed by atoms with E-state index in [1.807, 2.05) is 6.07 Å². The van der Waals surface area contributed by atoms with E-state index in [9.17, 15) is 4.39 Å². The summed E-state index contributed by atoms with van der Waals surface area (Å²) in [6, 6.07) is 5.02. The SMILES string of the molecule is COc1ccc(C(NN)C2CCOC3(CCC3)C2)cc1F. The molecule has 1 aromatic rings. The van der Waals surface area contributed by atoms with Gasteiger partial charge < -0.3 is 9.47 Å². The Balaban J connectivity index is 1.79. The van der Waals surface area contributed by atoms with E-state index < -0.39 is 0 Å². The molecule has 21 heavy (non-hydrogen) atoms. The number of halogens is 1. The minimum absolute atomic E-state index is 0.0493. The van der Waals surface area contributed by atoms with Crippen LogP contribution in [0.5, 0.6) is 5.75 Å². The van der Waals surface area contributed by atoms with E-state index in [0.717, 1.165) is 37.9 Å². The van der Waals surface area contributed by atoms with Crippen LogP contribution in [0.3, 0.4) is 0 Å². The minimum Gasteiger partial charge on any atom is -0.494 e. The number of hydrazine groups is 1. The summed E-state index contributed by atoms with van der Waals surface area (Å²) in [5.41, 5.74) is 3.81. The number of nitrogens with one attached hydrogen (secondary N) is 1. The lowest BCUT2D eigenvalue weighted by atomic mass is 9.70. The van der Waals surface area contributed by atoms with E-state index in [-0.39, 0.29) is 23.2 Å². The highest BCUT2D eigenvalue weighted by molar-refractivity contribution is 5.31. The van der Waals surface area contributed by atoms with Gasteiger partial charge in [-0.05, 0) is 55.7 Å². The molecule has 1 spiro atoms. The zero-order valence-electron chi connectivity index (χ0n) is 12.4. The van der Waals surface area contributed by atoms with E-state index in [1.54, 1.807) is 6.07 Å². The first-order chi connectivity index (χ1) is 10.2. The molecule has 0 aromatic heterocycles. The predicted molar refractivity (Wildman–Crippen MR) is 78.3 cm³/mol. The molecule has 116 valence electrons. The van der Waals surface area contributed by atoms with Crippen molar-refractivity contribution in [1.82, 2.24) is 5.43 Å². The van der Waals surface area contributed by atoms with Crippen LogP contribution in [0.1, 0.15) is 43.7 Å². The third kappa shape index (κ3) is 2.78. The van der Waals surface area contributed by atoms with Crippen LogP contribution in [0.15, 0.2) is 18.2 Å². The number of methoxy groups -OCH3 is 1. The predicted octanol–water partition coefficient (Wildman–Crippen LogP) is 2.69. The first-order valence-electron chi connectivity index (χ1n) is 7.61. The molecule has 2 atom stereocenters. The van der Waals surface area contributed by atoms with Crippen LogP contribution in [0, 0.1) is 11.7 Å². The summed E-state index contributed by atoms with van der Waals surface area (Å²) < 4.78 is 24.9. The summed E-state index contributed by atoms with van der Waals surface area (Å²) in [5.74, 6) is 6.05. The smallest absolute Gasteiger partial charge is 0.165 e. The molecule has 5 heteroatoms. The highest BCUT2D eigenvalue weighted by Crippen LogP contribution is 2.47.